The lowest BCUT2D eigenvalue weighted by atomic mass is 10.2. The van der Waals surface area contributed by atoms with Crippen molar-refractivity contribution in [2.75, 3.05) is 23.6 Å². The van der Waals surface area contributed by atoms with Gasteiger partial charge in [0.15, 0.2) is 0 Å². The summed E-state index contributed by atoms with van der Waals surface area (Å²) in [5.74, 6) is -3.22. The zero-order valence-electron chi connectivity index (χ0n) is 14.2. The molecule has 0 spiro atoms. The summed E-state index contributed by atoms with van der Waals surface area (Å²) in [5, 5.41) is 2.29. The first-order chi connectivity index (χ1) is 12.4. The molecule has 0 aromatic heterocycles. The van der Waals surface area contributed by atoms with Crippen molar-refractivity contribution in [3.05, 3.63) is 29.6 Å². The van der Waals surface area contributed by atoms with Crippen LogP contribution in [-0.4, -0.2) is 39.2 Å². The lowest BCUT2D eigenvalue weighted by Crippen LogP contribution is -2.29. The lowest BCUT2D eigenvalue weighted by Gasteiger charge is -2.15. The second-order valence-corrected chi connectivity index (χ2v) is 7.11. The smallest absolute Gasteiger partial charge is 0.418 e. The van der Waals surface area contributed by atoms with Crippen LogP contribution in [0.15, 0.2) is 18.2 Å². The highest BCUT2D eigenvalue weighted by Crippen LogP contribution is 2.35. The van der Waals surface area contributed by atoms with Crippen LogP contribution in [0.25, 0.3) is 0 Å². The number of amides is 1. The van der Waals surface area contributed by atoms with Gasteiger partial charge in [0.2, 0.25) is 15.9 Å². The molecule has 0 aliphatic heterocycles. The van der Waals surface area contributed by atoms with Gasteiger partial charge in [0.1, 0.15) is 5.82 Å². The summed E-state index contributed by atoms with van der Waals surface area (Å²) < 4.78 is 81.8. The third kappa shape index (κ3) is 8.24. The number of benzene rings is 1. The molecule has 0 aliphatic rings. The Balaban J connectivity index is 2.62. The molecule has 0 atom stereocenters. The fourth-order valence-corrected chi connectivity index (χ4v) is 2.98. The van der Waals surface area contributed by atoms with E-state index in [9.17, 15) is 35.6 Å². The molecule has 0 aliphatic carbocycles. The summed E-state index contributed by atoms with van der Waals surface area (Å²) in [6.45, 7) is 1.72. The molecule has 0 unspecified atom stereocenters. The van der Waals surface area contributed by atoms with Crippen molar-refractivity contribution < 1.29 is 40.3 Å². The first-order valence-electron chi connectivity index (χ1n) is 7.74. The van der Waals surface area contributed by atoms with E-state index in [1.165, 1.54) is 0 Å². The maximum Gasteiger partial charge on any atom is 0.418 e. The fraction of sp³-hybridized carbons (Fsp3) is 0.467. The van der Waals surface area contributed by atoms with Crippen molar-refractivity contribution in [3.63, 3.8) is 0 Å². The van der Waals surface area contributed by atoms with Crippen molar-refractivity contribution in [2.45, 2.75) is 25.9 Å². The number of carbonyl (C=O) groups is 2. The number of anilines is 1. The van der Waals surface area contributed by atoms with Gasteiger partial charge in [-0.3, -0.25) is 14.3 Å². The second kappa shape index (κ2) is 9.53. The Labute approximate surface area is 153 Å². The number of ether oxygens (including phenoxy) is 1. The first kappa shape index (κ1) is 22.7. The van der Waals surface area contributed by atoms with Gasteiger partial charge in [0.25, 0.3) is 0 Å². The Bertz CT molecular complexity index is 781. The zero-order valence-corrected chi connectivity index (χ0v) is 15.0. The SMILES string of the molecule is CCOC(=O)CCNC(=O)CCS(=O)(=O)Nc1ccc(F)cc1C(F)(F)F. The van der Waals surface area contributed by atoms with Gasteiger partial charge < -0.3 is 10.1 Å². The number of hydrogen-bond donors (Lipinski definition) is 2. The Hall–Kier alpha value is -2.37. The predicted octanol–water partition coefficient (Wildman–Crippen LogP) is 2.05. The van der Waals surface area contributed by atoms with Crippen molar-refractivity contribution in [1.29, 1.82) is 0 Å². The van der Waals surface area contributed by atoms with E-state index in [2.05, 4.69) is 10.1 Å². The number of sulfonamides is 1. The number of carbonyl (C=O) groups excluding carboxylic acids is 2. The summed E-state index contributed by atoms with van der Waals surface area (Å²) in [6, 6.07) is 1.49. The van der Waals surface area contributed by atoms with E-state index in [1.54, 1.807) is 11.6 Å². The Morgan fingerprint density at radius 2 is 1.85 bits per heavy atom. The molecule has 0 radical (unpaired) electrons. The van der Waals surface area contributed by atoms with E-state index in [0.29, 0.717) is 12.1 Å². The maximum absolute atomic E-state index is 13.0. The van der Waals surface area contributed by atoms with Crippen LogP contribution in [0.2, 0.25) is 0 Å². The molecule has 0 bridgehead atoms. The van der Waals surface area contributed by atoms with Crippen LogP contribution in [-0.2, 0) is 30.5 Å². The summed E-state index contributed by atoms with van der Waals surface area (Å²) in [6.07, 6.45) is -5.61. The maximum atomic E-state index is 13.0. The average Bonchev–Trinajstić information content (AvgIpc) is 2.54. The van der Waals surface area contributed by atoms with Crippen LogP contribution in [0.3, 0.4) is 0 Å². The Morgan fingerprint density at radius 3 is 2.44 bits per heavy atom. The number of esters is 1. The van der Waals surface area contributed by atoms with Gasteiger partial charge in [-0.2, -0.15) is 13.2 Å². The van der Waals surface area contributed by atoms with Gasteiger partial charge in [-0.15, -0.1) is 0 Å². The highest BCUT2D eigenvalue weighted by Gasteiger charge is 2.35. The molecule has 0 fully saturated rings. The third-order valence-electron chi connectivity index (χ3n) is 3.11. The van der Waals surface area contributed by atoms with Gasteiger partial charge in [-0.25, -0.2) is 12.8 Å². The molecule has 1 amide bonds. The molecule has 2 N–H and O–H groups in total. The molecule has 1 aromatic rings. The van der Waals surface area contributed by atoms with Gasteiger partial charge in [0, 0.05) is 13.0 Å². The first-order valence-corrected chi connectivity index (χ1v) is 9.39. The van der Waals surface area contributed by atoms with Gasteiger partial charge >= 0.3 is 12.1 Å². The monoisotopic (exact) mass is 414 g/mol. The molecular formula is C15H18F4N2O5S. The fourth-order valence-electron chi connectivity index (χ4n) is 1.91. The van der Waals surface area contributed by atoms with Crippen molar-refractivity contribution in [3.8, 4) is 0 Å². The summed E-state index contributed by atoms with van der Waals surface area (Å²) >= 11 is 0. The molecule has 1 aromatic carbocycles. The quantitative estimate of drug-likeness (QED) is 0.476. The number of nitrogens with one attached hydrogen (secondary N) is 2. The minimum Gasteiger partial charge on any atom is -0.466 e. The van der Waals surface area contributed by atoms with E-state index in [-0.39, 0.29) is 25.6 Å². The minimum atomic E-state index is -4.97. The van der Waals surface area contributed by atoms with E-state index in [0.717, 1.165) is 0 Å². The molecule has 152 valence electrons. The number of rotatable bonds is 9. The van der Waals surface area contributed by atoms with Crippen LogP contribution in [0.1, 0.15) is 25.3 Å². The molecule has 1 rings (SSSR count). The number of alkyl halides is 3. The molecule has 0 heterocycles. The van der Waals surface area contributed by atoms with Crippen LogP contribution in [0.5, 0.6) is 0 Å². The Morgan fingerprint density at radius 1 is 1.19 bits per heavy atom. The van der Waals surface area contributed by atoms with Crippen molar-refractivity contribution in [2.24, 2.45) is 0 Å². The predicted molar refractivity (Wildman–Crippen MR) is 87.7 cm³/mol. The van der Waals surface area contributed by atoms with Crippen molar-refractivity contribution in [1.82, 2.24) is 5.32 Å². The van der Waals surface area contributed by atoms with E-state index >= 15 is 0 Å². The molecular weight excluding hydrogens is 396 g/mol. The number of halogens is 4. The summed E-state index contributed by atoms with van der Waals surface area (Å²) in [7, 11) is -4.30. The topological polar surface area (TPSA) is 102 Å². The van der Waals surface area contributed by atoms with Crippen LogP contribution >= 0.6 is 0 Å². The van der Waals surface area contributed by atoms with E-state index in [1.807, 2.05) is 0 Å². The summed E-state index contributed by atoms with van der Waals surface area (Å²) in [5.41, 5.74) is -2.32. The Kier molecular flexibility index (Phi) is 8.00. The van der Waals surface area contributed by atoms with Gasteiger partial charge in [-0.1, -0.05) is 0 Å². The van der Waals surface area contributed by atoms with E-state index in [4.69, 9.17) is 0 Å². The van der Waals surface area contributed by atoms with Crippen LogP contribution < -0.4 is 10.0 Å². The largest absolute Gasteiger partial charge is 0.466 e. The molecule has 12 heteroatoms. The number of hydrogen-bond acceptors (Lipinski definition) is 5. The second-order valence-electron chi connectivity index (χ2n) is 5.26. The average molecular weight is 414 g/mol. The van der Waals surface area contributed by atoms with Crippen LogP contribution in [0, 0.1) is 5.82 Å². The molecule has 0 saturated heterocycles. The van der Waals surface area contributed by atoms with Gasteiger partial charge in [-0.05, 0) is 25.1 Å². The highest BCUT2D eigenvalue weighted by atomic mass is 32.2. The van der Waals surface area contributed by atoms with Crippen LogP contribution in [0.4, 0.5) is 23.2 Å². The molecule has 27 heavy (non-hydrogen) atoms. The zero-order chi connectivity index (χ0) is 20.7. The molecule has 0 saturated carbocycles. The molecule has 7 nitrogen and oxygen atoms in total. The standard InChI is InChI=1S/C15H18F4N2O5S/c1-2-26-14(23)5-7-20-13(22)6-8-27(24,25)21-12-4-3-10(16)9-11(12)15(17,18)19/h3-4,9,21H,2,5-8H2,1H3,(H,20,22). The van der Waals surface area contributed by atoms with E-state index < -0.39 is 57.3 Å². The lowest BCUT2D eigenvalue weighted by molar-refractivity contribution is -0.143. The normalized spacial score (nSPS) is 11.7. The van der Waals surface area contributed by atoms with Gasteiger partial charge in [0.05, 0.1) is 30.0 Å². The summed E-state index contributed by atoms with van der Waals surface area (Å²) in [4.78, 5) is 22.7. The minimum absolute atomic E-state index is 0.0681. The third-order valence-corrected chi connectivity index (χ3v) is 4.38. The highest BCUT2D eigenvalue weighted by molar-refractivity contribution is 7.92. The van der Waals surface area contributed by atoms with Crippen molar-refractivity contribution >= 4 is 27.6 Å².